The molecule has 1 saturated carbocycles. The average Bonchev–Trinajstić information content (AvgIpc) is 2.68. The second-order valence-electron chi connectivity index (χ2n) is 7.46. The van der Waals surface area contributed by atoms with Gasteiger partial charge in [-0.05, 0) is 37.0 Å². The van der Waals surface area contributed by atoms with E-state index in [1.54, 1.807) is 0 Å². The van der Waals surface area contributed by atoms with Crippen LogP contribution in [0.15, 0.2) is 18.2 Å². The van der Waals surface area contributed by atoms with E-state index in [0.717, 1.165) is 44.2 Å². The molecule has 0 radical (unpaired) electrons. The largest absolute Gasteiger partial charge is 0.416 e. The van der Waals surface area contributed by atoms with Crippen LogP contribution in [-0.2, 0) is 15.7 Å². The first-order chi connectivity index (χ1) is 12.9. The molecule has 0 spiro atoms. The zero-order valence-corrected chi connectivity index (χ0v) is 15.6. The molecule has 27 heavy (non-hydrogen) atoms. The lowest BCUT2D eigenvalue weighted by Gasteiger charge is -2.32. The summed E-state index contributed by atoms with van der Waals surface area (Å²) >= 11 is 0. The van der Waals surface area contributed by atoms with Crippen LogP contribution in [0.3, 0.4) is 0 Å². The van der Waals surface area contributed by atoms with E-state index in [-0.39, 0.29) is 17.5 Å². The molecular formula is C20H27F3N2O2. The number of alkyl halides is 3. The van der Waals surface area contributed by atoms with Gasteiger partial charge in [0.15, 0.2) is 0 Å². The Bertz CT molecular complexity index is 657. The summed E-state index contributed by atoms with van der Waals surface area (Å²) in [6.07, 6.45) is 0.328. The summed E-state index contributed by atoms with van der Waals surface area (Å²) in [4.78, 5) is 14.8. The number of hydrogen-bond acceptors (Lipinski definition) is 3. The predicted octanol–water partition coefficient (Wildman–Crippen LogP) is 4.70. The fraction of sp³-hybridized carbons (Fsp3) is 0.650. The van der Waals surface area contributed by atoms with Gasteiger partial charge in [-0.2, -0.15) is 13.2 Å². The zero-order valence-electron chi connectivity index (χ0n) is 15.6. The Hall–Kier alpha value is -1.76. The van der Waals surface area contributed by atoms with Crippen molar-refractivity contribution in [3.63, 3.8) is 0 Å². The minimum Gasteiger partial charge on any atom is -0.378 e. The first-order valence-electron chi connectivity index (χ1n) is 9.73. The summed E-state index contributed by atoms with van der Waals surface area (Å²) < 4.78 is 44.9. The van der Waals surface area contributed by atoms with E-state index < -0.39 is 11.7 Å². The minimum atomic E-state index is -4.44. The molecule has 1 N–H and O–H groups in total. The lowest BCUT2D eigenvalue weighted by molar-refractivity contribution is -0.137. The van der Waals surface area contributed by atoms with Crippen molar-refractivity contribution in [2.75, 3.05) is 36.5 Å². The number of nitrogens with one attached hydrogen (secondary N) is 1. The van der Waals surface area contributed by atoms with Crippen LogP contribution in [-0.4, -0.2) is 32.2 Å². The van der Waals surface area contributed by atoms with Crippen molar-refractivity contribution in [3.8, 4) is 0 Å². The molecule has 2 unspecified atom stereocenters. The van der Waals surface area contributed by atoms with Gasteiger partial charge in [-0.25, -0.2) is 0 Å². The Morgan fingerprint density at radius 3 is 2.67 bits per heavy atom. The summed E-state index contributed by atoms with van der Waals surface area (Å²) in [6, 6.07) is 3.59. The third-order valence-electron chi connectivity index (χ3n) is 5.66. The van der Waals surface area contributed by atoms with Crippen molar-refractivity contribution in [2.45, 2.75) is 45.2 Å². The molecule has 1 aromatic rings. The van der Waals surface area contributed by atoms with Gasteiger partial charge in [-0.1, -0.05) is 26.2 Å². The number of amides is 1. The van der Waals surface area contributed by atoms with Crippen molar-refractivity contribution in [1.82, 2.24) is 0 Å². The summed E-state index contributed by atoms with van der Waals surface area (Å²) in [5.74, 6) is 0.229. The van der Waals surface area contributed by atoms with Crippen LogP contribution in [0.1, 0.15) is 44.6 Å². The Morgan fingerprint density at radius 1 is 1.26 bits per heavy atom. The second kappa shape index (κ2) is 8.50. The lowest BCUT2D eigenvalue weighted by Crippen LogP contribution is -2.37. The SMILES string of the molecule is CCC1CCCC(C(=O)Nc2cc(C(F)(F)F)ccc2N2CCOCC2)C1. The van der Waals surface area contributed by atoms with Crippen LogP contribution in [0.5, 0.6) is 0 Å². The maximum absolute atomic E-state index is 13.2. The Kier molecular flexibility index (Phi) is 6.29. The van der Waals surface area contributed by atoms with E-state index >= 15 is 0 Å². The topological polar surface area (TPSA) is 41.6 Å². The van der Waals surface area contributed by atoms with Crippen molar-refractivity contribution in [1.29, 1.82) is 0 Å². The third-order valence-corrected chi connectivity index (χ3v) is 5.66. The van der Waals surface area contributed by atoms with Crippen LogP contribution in [0, 0.1) is 11.8 Å². The highest BCUT2D eigenvalue weighted by molar-refractivity contribution is 5.96. The molecule has 1 aromatic carbocycles. The molecule has 1 aliphatic heterocycles. The molecule has 1 saturated heterocycles. The number of rotatable bonds is 4. The van der Waals surface area contributed by atoms with Gasteiger partial charge in [-0.3, -0.25) is 4.79 Å². The Morgan fingerprint density at radius 2 is 2.00 bits per heavy atom. The molecular weight excluding hydrogens is 357 g/mol. The fourth-order valence-electron chi connectivity index (χ4n) is 4.03. The van der Waals surface area contributed by atoms with Gasteiger partial charge < -0.3 is 15.0 Å². The van der Waals surface area contributed by atoms with Crippen LogP contribution in [0.4, 0.5) is 24.5 Å². The van der Waals surface area contributed by atoms with E-state index in [2.05, 4.69) is 12.2 Å². The first kappa shape index (κ1) is 20.0. The van der Waals surface area contributed by atoms with Gasteiger partial charge in [-0.15, -0.1) is 0 Å². The van der Waals surface area contributed by atoms with Crippen molar-refractivity contribution in [3.05, 3.63) is 23.8 Å². The smallest absolute Gasteiger partial charge is 0.378 e. The maximum atomic E-state index is 13.2. The Labute approximate surface area is 158 Å². The number of anilines is 2. The van der Waals surface area contributed by atoms with Crippen LogP contribution in [0.2, 0.25) is 0 Å². The van der Waals surface area contributed by atoms with Crippen LogP contribution in [0.25, 0.3) is 0 Å². The van der Waals surface area contributed by atoms with Crippen LogP contribution < -0.4 is 10.2 Å². The zero-order chi connectivity index (χ0) is 19.4. The standard InChI is InChI=1S/C20H27F3N2O2/c1-2-14-4-3-5-15(12-14)19(26)24-17-13-16(20(21,22)23)6-7-18(17)25-8-10-27-11-9-25/h6-7,13-15H,2-5,8-12H2,1H3,(H,24,26). The van der Waals surface area contributed by atoms with Crippen molar-refractivity contribution >= 4 is 17.3 Å². The van der Waals surface area contributed by atoms with E-state index in [0.29, 0.717) is 37.9 Å². The summed E-state index contributed by atoms with van der Waals surface area (Å²) in [5, 5.41) is 2.81. The van der Waals surface area contributed by atoms with Crippen LogP contribution >= 0.6 is 0 Å². The molecule has 1 heterocycles. The highest BCUT2D eigenvalue weighted by Crippen LogP contribution is 2.37. The lowest BCUT2D eigenvalue weighted by atomic mass is 9.80. The maximum Gasteiger partial charge on any atom is 0.416 e. The molecule has 4 nitrogen and oxygen atoms in total. The minimum absolute atomic E-state index is 0.129. The summed E-state index contributed by atoms with van der Waals surface area (Å²) in [6.45, 7) is 4.35. The number of halogens is 3. The molecule has 1 amide bonds. The van der Waals surface area contributed by atoms with Crippen molar-refractivity contribution < 1.29 is 22.7 Å². The number of ether oxygens (including phenoxy) is 1. The quantitative estimate of drug-likeness (QED) is 0.818. The predicted molar refractivity (Wildman–Crippen MR) is 98.8 cm³/mol. The fourth-order valence-corrected chi connectivity index (χ4v) is 4.03. The molecule has 2 fully saturated rings. The molecule has 3 rings (SSSR count). The van der Waals surface area contributed by atoms with Gasteiger partial charge in [0.2, 0.25) is 5.91 Å². The number of carbonyl (C=O) groups excluding carboxylic acids is 1. The number of morpholine rings is 1. The second-order valence-corrected chi connectivity index (χ2v) is 7.46. The average molecular weight is 384 g/mol. The third kappa shape index (κ3) is 4.94. The monoisotopic (exact) mass is 384 g/mol. The number of hydrogen-bond donors (Lipinski definition) is 1. The number of nitrogens with zero attached hydrogens (tertiary/aromatic N) is 1. The van der Waals surface area contributed by atoms with E-state index in [9.17, 15) is 18.0 Å². The molecule has 7 heteroatoms. The Balaban J connectivity index is 1.83. The van der Waals surface area contributed by atoms with Gasteiger partial charge in [0.05, 0.1) is 30.2 Å². The number of benzene rings is 1. The molecule has 1 aliphatic carbocycles. The number of carbonyl (C=O) groups is 1. The van der Waals surface area contributed by atoms with E-state index in [1.165, 1.54) is 6.07 Å². The molecule has 0 bridgehead atoms. The van der Waals surface area contributed by atoms with Gasteiger partial charge in [0.25, 0.3) is 0 Å². The summed E-state index contributed by atoms with van der Waals surface area (Å²) in [5.41, 5.74) is 0.128. The van der Waals surface area contributed by atoms with E-state index in [4.69, 9.17) is 4.74 Å². The molecule has 150 valence electrons. The normalized spacial score (nSPS) is 23.9. The first-order valence-corrected chi connectivity index (χ1v) is 9.73. The highest BCUT2D eigenvalue weighted by Gasteiger charge is 2.33. The molecule has 0 aromatic heterocycles. The van der Waals surface area contributed by atoms with Gasteiger partial charge >= 0.3 is 6.18 Å². The highest BCUT2D eigenvalue weighted by atomic mass is 19.4. The molecule has 2 atom stereocenters. The van der Waals surface area contributed by atoms with E-state index in [1.807, 2.05) is 4.90 Å². The summed E-state index contributed by atoms with van der Waals surface area (Å²) in [7, 11) is 0. The van der Waals surface area contributed by atoms with Crippen molar-refractivity contribution in [2.24, 2.45) is 11.8 Å². The van der Waals surface area contributed by atoms with Gasteiger partial charge in [0, 0.05) is 19.0 Å². The van der Waals surface area contributed by atoms with Gasteiger partial charge in [0.1, 0.15) is 0 Å². The molecule has 2 aliphatic rings.